The third-order valence-corrected chi connectivity index (χ3v) is 4.03. The van der Waals surface area contributed by atoms with Gasteiger partial charge >= 0.3 is 0 Å². The fraction of sp³-hybridized carbons (Fsp3) is 0.529. The van der Waals surface area contributed by atoms with E-state index in [1.807, 2.05) is 49.9 Å². The Balaban J connectivity index is 1.93. The summed E-state index contributed by atoms with van der Waals surface area (Å²) in [5.74, 6) is 0.176. The van der Waals surface area contributed by atoms with E-state index in [-0.39, 0.29) is 23.9 Å². The van der Waals surface area contributed by atoms with Gasteiger partial charge < -0.3 is 15.5 Å². The molecule has 1 heterocycles. The summed E-state index contributed by atoms with van der Waals surface area (Å²) < 4.78 is 0. The number of rotatable bonds is 6. The van der Waals surface area contributed by atoms with E-state index in [4.69, 9.17) is 0 Å². The first-order valence-corrected chi connectivity index (χ1v) is 7.98. The minimum Gasteiger partial charge on any atom is -0.374 e. The quantitative estimate of drug-likeness (QED) is 0.849. The first-order chi connectivity index (χ1) is 10.5. The summed E-state index contributed by atoms with van der Waals surface area (Å²) in [6.07, 6.45) is 2.47. The van der Waals surface area contributed by atoms with Crippen molar-refractivity contribution in [1.29, 1.82) is 0 Å². The van der Waals surface area contributed by atoms with E-state index >= 15 is 0 Å². The molecule has 0 aromatic heterocycles. The average molecular weight is 303 g/mol. The van der Waals surface area contributed by atoms with Gasteiger partial charge in [0.1, 0.15) is 6.04 Å². The summed E-state index contributed by atoms with van der Waals surface area (Å²) in [6, 6.07) is 7.55. The molecule has 2 unspecified atom stereocenters. The molecule has 5 nitrogen and oxygen atoms in total. The molecular weight excluding hydrogens is 278 g/mol. The lowest BCUT2D eigenvalue weighted by Gasteiger charge is -2.19. The molecule has 2 amide bonds. The van der Waals surface area contributed by atoms with Crippen LogP contribution in [0.4, 0.5) is 11.4 Å². The Morgan fingerprint density at radius 1 is 1.27 bits per heavy atom. The van der Waals surface area contributed by atoms with Crippen molar-refractivity contribution in [2.24, 2.45) is 0 Å². The highest BCUT2D eigenvalue weighted by molar-refractivity contribution is 5.95. The fourth-order valence-corrected chi connectivity index (χ4v) is 2.44. The van der Waals surface area contributed by atoms with Crippen LogP contribution < -0.4 is 15.5 Å². The third-order valence-electron chi connectivity index (χ3n) is 4.03. The summed E-state index contributed by atoms with van der Waals surface area (Å²) in [5.41, 5.74) is 1.80. The summed E-state index contributed by atoms with van der Waals surface area (Å²) in [5, 5.41) is 6.14. The van der Waals surface area contributed by atoms with Crippen molar-refractivity contribution in [1.82, 2.24) is 5.32 Å². The summed E-state index contributed by atoms with van der Waals surface area (Å²) >= 11 is 0. The Morgan fingerprint density at radius 2 is 1.95 bits per heavy atom. The van der Waals surface area contributed by atoms with Crippen LogP contribution in [-0.4, -0.2) is 30.4 Å². The van der Waals surface area contributed by atoms with Crippen molar-refractivity contribution in [3.8, 4) is 0 Å². The van der Waals surface area contributed by atoms with Crippen LogP contribution in [0, 0.1) is 0 Å². The van der Waals surface area contributed by atoms with Crippen LogP contribution in [0.5, 0.6) is 0 Å². The Bertz CT molecular complexity index is 527. The first kappa shape index (κ1) is 16.3. The Labute approximate surface area is 132 Å². The van der Waals surface area contributed by atoms with E-state index in [2.05, 4.69) is 10.6 Å². The lowest BCUT2D eigenvalue weighted by molar-refractivity contribution is -0.122. The van der Waals surface area contributed by atoms with Gasteiger partial charge in [-0.2, -0.15) is 0 Å². The van der Waals surface area contributed by atoms with Gasteiger partial charge in [-0.3, -0.25) is 9.59 Å². The number of amides is 2. The maximum Gasteiger partial charge on any atom is 0.242 e. The molecule has 0 bridgehead atoms. The normalized spacial score (nSPS) is 17.2. The number of anilines is 2. The smallest absolute Gasteiger partial charge is 0.242 e. The molecule has 120 valence electrons. The van der Waals surface area contributed by atoms with Gasteiger partial charge in [-0.25, -0.2) is 0 Å². The van der Waals surface area contributed by atoms with Crippen molar-refractivity contribution in [3.63, 3.8) is 0 Å². The monoisotopic (exact) mass is 303 g/mol. The van der Waals surface area contributed by atoms with Gasteiger partial charge in [0, 0.05) is 30.4 Å². The molecule has 1 aliphatic rings. The highest BCUT2D eigenvalue weighted by Gasteiger charge is 2.21. The second kappa shape index (κ2) is 7.29. The zero-order chi connectivity index (χ0) is 16.1. The average Bonchev–Trinajstić information content (AvgIpc) is 2.94. The molecule has 5 heteroatoms. The predicted octanol–water partition coefficient (Wildman–Crippen LogP) is 2.53. The molecule has 0 radical (unpaired) electrons. The number of carbonyl (C=O) groups is 2. The van der Waals surface area contributed by atoms with Gasteiger partial charge in [-0.1, -0.05) is 6.92 Å². The van der Waals surface area contributed by atoms with Gasteiger partial charge in [-0.15, -0.1) is 0 Å². The summed E-state index contributed by atoms with van der Waals surface area (Å²) in [6.45, 7) is 6.67. The standard InChI is InChI=1S/C17H25N3O2/c1-4-12(2)18-17(22)13(3)19-14-7-9-15(10-8-14)20-11-5-6-16(20)21/h7-10,12-13,19H,4-6,11H2,1-3H3,(H,18,22). The maximum absolute atomic E-state index is 12.0. The molecular formula is C17H25N3O2. The number of benzene rings is 1. The number of hydrogen-bond donors (Lipinski definition) is 2. The van der Waals surface area contributed by atoms with Gasteiger partial charge in [-0.05, 0) is 51.0 Å². The molecule has 0 saturated carbocycles. The highest BCUT2D eigenvalue weighted by Crippen LogP contribution is 2.23. The zero-order valence-corrected chi connectivity index (χ0v) is 13.6. The number of nitrogens with one attached hydrogen (secondary N) is 2. The van der Waals surface area contributed by atoms with Crippen LogP contribution in [0.2, 0.25) is 0 Å². The molecule has 1 aromatic carbocycles. The second-order valence-electron chi connectivity index (χ2n) is 5.88. The largest absolute Gasteiger partial charge is 0.374 e. The molecule has 22 heavy (non-hydrogen) atoms. The van der Waals surface area contributed by atoms with Crippen molar-refractivity contribution in [2.75, 3.05) is 16.8 Å². The van der Waals surface area contributed by atoms with E-state index in [0.717, 1.165) is 30.8 Å². The topological polar surface area (TPSA) is 61.4 Å². The Hall–Kier alpha value is -2.04. The van der Waals surface area contributed by atoms with E-state index in [9.17, 15) is 9.59 Å². The molecule has 1 aliphatic heterocycles. The lowest BCUT2D eigenvalue weighted by atomic mass is 10.2. The number of carbonyl (C=O) groups excluding carboxylic acids is 2. The predicted molar refractivity (Wildman–Crippen MR) is 89.0 cm³/mol. The second-order valence-corrected chi connectivity index (χ2v) is 5.88. The van der Waals surface area contributed by atoms with Crippen LogP contribution in [0.1, 0.15) is 40.0 Å². The first-order valence-electron chi connectivity index (χ1n) is 7.98. The van der Waals surface area contributed by atoms with Crippen LogP contribution in [0.15, 0.2) is 24.3 Å². The molecule has 2 N–H and O–H groups in total. The Morgan fingerprint density at radius 3 is 2.50 bits per heavy atom. The molecule has 0 spiro atoms. The summed E-state index contributed by atoms with van der Waals surface area (Å²) in [4.78, 5) is 25.5. The SMILES string of the molecule is CCC(C)NC(=O)C(C)Nc1ccc(N2CCCC2=O)cc1. The van der Waals surface area contributed by atoms with Crippen molar-refractivity contribution in [2.45, 2.75) is 52.1 Å². The van der Waals surface area contributed by atoms with Gasteiger partial charge in [0.25, 0.3) is 0 Å². The molecule has 2 atom stereocenters. The van der Waals surface area contributed by atoms with Crippen molar-refractivity contribution >= 4 is 23.2 Å². The van der Waals surface area contributed by atoms with Crippen LogP contribution in [-0.2, 0) is 9.59 Å². The van der Waals surface area contributed by atoms with Crippen LogP contribution >= 0.6 is 0 Å². The molecule has 2 rings (SSSR count). The molecule has 1 fully saturated rings. The fourth-order valence-electron chi connectivity index (χ4n) is 2.44. The molecule has 0 aliphatic carbocycles. The minimum atomic E-state index is -0.298. The lowest BCUT2D eigenvalue weighted by Crippen LogP contribution is -2.41. The van der Waals surface area contributed by atoms with Crippen molar-refractivity contribution in [3.05, 3.63) is 24.3 Å². The van der Waals surface area contributed by atoms with E-state index < -0.39 is 0 Å². The van der Waals surface area contributed by atoms with Crippen LogP contribution in [0.3, 0.4) is 0 Å². The van der Waals surface area contributed by atoms with E-state index in [1.54, 1.807) is 0 Å². The number of nitrogens with zero attached hydrogens (tertiary/aromatic N) is 1. The molecule has 1 aromatic rings. The van der Waals surface area contributed by atoms with Gasteiger partial charge in [0.15, 0.2) is 0 Å². The van der Waals surface area contributed by atoms with E-state index in [0.29, 0.717) is 6.42 Å². The van der Waals surface area contributed by atoms with Crippen molar-refractivity contribution < 1.29 is 9.59 Å². The van der Waals surface area contributed by atoms with Gasteiger partial charge in [0.05, 0.1) is 0 Å². The third kappa shape index (κ3) is 4.00. The Kier molecular flexibility index (Phi) is 5.41. The number of hydrogen-bond acceptors (Lipinski definition) is 3. The maximum atomic E-state index is 12.0. The van der Waals surface area contributed by atoms with Crippen LogP contribution in [0.25, 0.3) is 0 Å². The zero-order valence-electron chi connectivity index (χ0n) is 13.6. The highest BCUT2D eigenvalue weighted by atomic mass is 16.2. The minimum absolute atomic E-state index is 0.00635. The van der Waals surface area contributed by atoms with Gasteiger partial charge in [0.2, 0.25) is 11.8 Å². The molecule has 1 saturated heterocycles. The van der Waals surface area contributed by atoms with E-state index in [1.165, 1.54) is 0 Å². The summed E-state index contributed by atoms with van der Waals surface area (Å²) in [7, 11) is 0.